The van der Waals surface area contributed by atoms with E-state index < -0.39 is 11.9 Å². The first kappa shape index (κ1) is 96.6. The third kappa shape index (κ3) is 26.3. The van der Waals surface area contributed by atoms with Gasteiger partial charge in [-0.2, -0.15) is 21.0 Å². The van der Waals surface area contributed by atoms with Gasteiger partial charge in [-0.25, -0.2) is 43.5 Å². The van der Waals surface area contributed by atoms with E-state index >= 15 is 0 Å². The Morgan fingerprint density at radius 1 is 0.488 bits per heavy atom. The summed E-state index contributed by atoms with van der Waals surface area (Å²) in [5, 5.41) is 52.1. The van der Waals surface area contributed by atoms with Gasteiger partial charge < -0.3 is 57.0 Å². The number of urea groups is 4. The van der Waals surface area contributed by atoms with Gasteiger partial charge in [-0.15, -0.1) is 22.7 Å². The number of carboxylic acids is 1. The number of ether oxygens (including phenoxy) is 2. The number of nitrogens with one attached hydrogen (secondary N) is 2. The molecule has 0 radical (unpaired) electrons. The van der Waals surface area contributed by atoms with Gasteiger partial charge in [-0.1, -0.05) is 64.5 Å². The zero-order chi connectivity index (χ0) is 85.4. The second kappa shape index (κ2) is 46.9. The Morgan fingerprint density at radius 2 is 0.837 bits per heavy atom. The maximum absolute atomic E-state index is 12.9. The Labute approximate surface area is 774 Å². The minimum atomic E-state index is -0.983. The van der Waals surface area contributed by atoms with Crippen LogP contribution < -0.4 is 95.1 Å². The molecule has 0 saturated carbocycles. The van der Waals surface area contributed by atoms with Crippen molar-refractivity contribution in [2.45, 2.75) is 50.9 Å². The number of nitrogen functional groups attached to an aromatic ring is 1. The van der Waals surface area contributed by atoms with Crippen LogP contribution in [0.2, 0.25) is 0 Å². The fraction of sp³-hybridized carbons (Fsp3) is 0.250. The first-order valence-corrected chi connectivity index (χ1v) is 40.8. The fourth-order valence-corrected chi connectivity index (χ4v) is 15.9. The third-order valence-corrected chi connectivity index (χ3v) is 22.3. The van der Waals surface area contributed by atoms with Crippen LogP contribution in [0.5, 0.6) is 0 Å². The van der Waals surface area contributed by atoms with Crippen molar-refractivity contribution in [1.82, 2.24) is 39.8 Å². The van der Waals surface area contributed by atoms with Gasteiger partial charge in [-0.05, 0) is 182 Å². The number of hydrogen-bond acceptors (Lipinski definition) is 22. The van der Waals surface area contributed by atoms with Crippen LogP contribution in [0.3, 0.4) is 0 Å². The number of alkyl halides is 1. The van der Waals surface area contributed by atoms with E-state index in [1.54, 1.807) is 191 Å². The summed E-state index contributed by atoms with van der Waals surface area (Å²) < 4.78 is 9.31. The van der Waals surface area contributed by atoms with Crippen LogP contribution in [-0.2, 0) is 60.4 Å². The number of aromatic carboxylic acids is 1. The number of thiazole rings is 2. The van der Waals surface area contributed by atoms with E-state index in [0.29, 0.717) is 121 Å². The first-order chi connectivity index (χ1) is 58.0. The van der Waals surface area contributed by atoms with Crippen LogP contribution in [0.25, 0.3) is 0 Å². The Balaban J connectivity index is 0.000000212. The molecule has 0 bridgehead atoms. The molecule has 6 aliphatic rings. The number of nitrogens with two attached hydrogens (primary N) is 1. The maximum atomic E-state index is 12.9. The number of anilines is 6. The summed E-state index contributed by atoms with van der Waals surface area (Å²) in [6, 6.07) is 64.0. The number of methoxy groups -OCH3 is 2. The first-order valence-electron chi connectivity index (χ1n) is 38.0. The fourth-order valence-electron chi connectivity index (χ4n) is 13.5. The normalized spacial score (nSPS) is 14.1. The minimum Gasteiger partial charge on any atom is -1.00 e. The van der Waals surface area contributed by atoms with E-state index in [0.717, 1.165) is 95.0 Å². The molecule has 9 amide bonds. The monoisotopic (exact) mass is 1780 g/mol. The molecule has 0 aliphatic carbocycles. The smallest absolute Gasteiger partial charge is 1.00 e. The van der Waals surface area contributed by atoms with Gasteiger partial charge in [0.05, 0.1) is 88.8 Å². The molecule has 0 spiro atoms. The van der Waals surface area contributed by atoms with Crippen LogP contribution in [0.1, 0.15) is 109 Å². The van der Waals surface area contributed by atoms with Crippen LogP contribution in [0, 0.1) is 45.3 Å². The number of hydrogen-bond donors (Lipinski definition) is 4. The van der Waals surface area contributed by atoms with Gasteiger partial charge in [0, 0.05) is 154 Å². The number of nitrogens with zero attached hydrogens (tertiary/aromatic N) is 15. The summed E-state index contributed by atoms with van der Waals surface area (Å²) in [6.07, 6.45) is 1.95. The third-order valence-electron chi connectivity index (χ3n) is 19.8. The molecular formula is C88H87BrN18Na2O12S2. The molecule has 8 aromatic carbocycles. The molecule has 16 rings (SSSR count). The van der Waals surface area contributed by atoms with Crippen LogP contribution in [0.15, 0.2) is 194 Å². The molecule has 6 N–H and O–H groups in total. The van der Waals surface area contributed by atoms with Crippen LogP contribution in [-0.4, -0.2) is 187 Å². The van der Waals surface area contributed by atoms with Crippen molar-refractivity contribution >= 4 is 120 Å². The SMILES string of the molecule is CN1CCc2nc(N)sc2C1.CN1CCc2nc(NC(=O)c3cccc(CN4CCN(c5ccc(C#N)cc5)C4=O)c3)sc2C1.COC(=O)c1cccc(CBr)c1.COC(=O)c1cccc(CN2CCN(c3ccc(C#N)cc3)C2=O)c1.N#Cc1ccc(N2CCN(Cc3cccc(C(=O)O)c3)C2=O)cc1.N#Cc1ccc(N2CCNC2=O)cc1.[H-].[Na+].[Na+].[OH-]. The van der Waals surface area contributed by atoms with Crippen LogP contribution >= 0.6 is 38.6 Å². The van der Waals surface area contributed by atoms with E-state index in [4.69, 9.17) is 36.6 Å². The van der Waals surface area contributed by atoms with E-state index in [1.807, 2.05) is 54.6 Å². The van der Waals surface area contributed by atoms with Gasteiger partial charge in [0.15, 0.2) is 10.3 Å². The predicted molar refractivity (Wildman–Crippen MR) is 463 cm³/mol. The predicted octanol–water partition coefficient (Wildman–Crippen LogP) is 7.30. The van der Waals surface area contributed by atoms with Crippen molar-refractivity contribution in [3.8, 4) is 24.3 Å². The number of esters is 2. The standard InChI is InChI=1S/C25H24N6O2S.C19H17N3O3.C18H15N3O3.C10H9N3O.C9H9BrO2.C7H11N3S.2Na.H2O.H/c1-29-10-9-21-22(16-29)34-24(27-21)28-23(32)19-4-2-3-18(13-19)15-30-11-12-31(25(30)33)20-7-5-17(14-26)6-8-20;1-25-18(23)16-4-2-3-15(11-16)13-21-9-10-22(19(21)24)17-7-5-14(12-20)6-8-17;19-11-13-4-6-16(7-5-13)21-9-8-20(18(21)24)12-14-2-1-3-15(10-14)17(22)23;11-7-8-1-3-9(4-2-8)13-6-5-12-10(13)14;1-12-9(11)8-4-2-3-7(5-8)6-10;1-10-3-2-5-6(4-10)11-7(8)9-5;;;;/h2-8,13H,9-12,15-16H2,1H3,(H,27,28,32);2-8,11H,9-10,13H2,1H3;1-7,10H,8-9,12H2,(H,22,23);1-4H,5-6H2,(H,12,14);2-5H,6H2,1H3;2-4H2,1H3,(H2,8,9);;;1H2;/q;;;;;;2*+1;;-1/p-1. The molecule has 123 heavy (non-hydrogen) atoms. The zero-order valence-electron chi connectivity index (χ0n) is 69.7. The molecule has 0 atom stereocenters. The van der Waals surface area contributed by atoms with E-state index in [2.05, 4.69) is 77.3 Å². The Hall–Kier alpha value is -11.9. The number of amides is 9. The zero-order valence-corrected chi connectivity index (χ0v) is 75.9. The molecule has 35 heteroatoms. The van der Waals surface area contributed by atoms with Crippen molar-refractivity contribution in [1.29, 1.82) is 21.0 Å². The molecule has 8 heterocycles. The number of carbonyl (C=O) groups excluding carboxylic acids is 7. The van der Waals surface area contributed by atoms with Crippen molar-refractivity contribution in [3.05, 3.63) is 282 Å². The van der Waals surface area contributed by atoms with Crippen molar-refractivity contribution in [3.63, 3.8) is 0 Å². The van der Waals surface area contributed by atoms with Gasteiger partial charge in [0.2, 0.25) is 0 Å². The van der Waals surface area contributed by atoms with E-state index in [-0.39, 0.29) is 108 Å². The number of fused-ring (bicyclic) bond motifs is 2. The second-order valence-electron chi connectivity index (χ2n) is 28.0. The van der Waals surface area contributed by atoms with E-state index in [9.17, 15) is 38.4 Å². The number of benzene rings is 8. The van der Waals surface area contributed by atoms with Gasteiger partial charge in [0.25, 0.3) is 5.91 Å². The topological polar surface area (TPSA) is 405 Å². The molecule has 6 aliphatic heterocycles. The molecule has 10 aromatic rings. The largest absolute Gasteiger partial charge is 1.00 e. The molecule has 30 nitrogen and oxygen atoms in total. The average Bonchev–Trinajstić information content (AvgIpc) is 1.69. The summed E-state index contributed by atoms with van der Waals surface area (Å²) in [4.78, 5) is 124. The molecular weight excluding hydrogens is 1690 g/mol. The number of nitriles is 4. The summed E-state index contributed by atoms with van der Waals surface area (Å²) in [7, 11) is 6.93. The quantitative estimate of drug-likeness (QED) is 0.0419. The van der Waals surface area contributed by atoms with Gasteiger partial charge in [0.1, 0.15) is 0 Å². The summed E-state index contributed by atoms with van der Waals surface area (Å²) >= 11 is 6.46. The van der Waals surface area contributed by atoms with Crippen molar-refractivity contribution in [2.75, 3.05) is 124 Å². The molecule has 4 saturated heterocycles. The molecule has 4 fully saturated rings. The molecule has 622 valence electrons. The average molecular weight is 1780 g/mol. The Kier molecular flexibility index (Phi) is 36.8. The van der Waals surface area contributed by atoms with Crippen molar-refractivity contribution < 1.29 is 119 Å². The molecule has 0 unspecified atom stereocenters. The summed E-state index contributed by atoms with van der Waals surface area (Å²) in [6.45, 7) is 10.0. The summed E-state index contributed by atoms with van der Waals surface area (Å²) in [5.74, 6) is -1.87. The Morgan fingerprint density at radius 3 is 1.21 bits per heavy atom. The summed E-state index contributed by atoms with van der Waals surface area (Å²) in [5.41, 5.74) is 18.7. The minimum absolute atomic E-state index is 0. The molecule has 2 aromatic heterocycles. The number of halogens is 1. The van der Waals surface area contributed by atoms with E-state index in [1.165, 1.54) is 47.1 Å². The van der Waals surface area contributed by atoms with Gasteiger partial charge >= 0.3 is 101 Å². The number of aromatic nitrogens is 2. The number of carbonyl (C=O) groups is 8. The second-order valence-corrected chi connectivity index (χ2v) is 30.8. The van der Waals surface area contributed by atoms with Crippen LogP contribution in [0.4, 0.5) is 52.2 Å². The number of carboxylic acid groups (broad SMARTS) is 1. The maximum Gasteiger partial charge on any atom is 1.00 e. The number of likely N-dealkylation sites (N-methyl/N-ethyl adjacent to an activating group) is 2. The van der Waals surface area contributed by atoms with Gasteiger partial charge in [-0.3, -0.25) is 29.7 Å². The Bertz CT molecular complexity index is 5580. The number of rotatable bonds is 16. The van der Waals surface area contributed by atoms with Crippen molar-refractivity contribution in [2.24, 2.45) is 0 Å².